The molecule has 0 aromatic carbocycles. The predicted molar refractivity (Wildman–Crippen MR) is 92.7 cm³/mol. The van der Waals surface area contributed by atoms with E-state index < -0.39 is 5.60 Å². The number of nitrogens with zero attached hydrogens (tertiary/aromatic N) is 5. The molecule has 4 rings (SSSR count). The average molecular weight is 359 g/mol. The number of hydrogen-bond acceptors (Lipinski definition) is 6. The molecule has 3 heterocycles. The smallest absolute Gasteiger partial charge is 0.274 e. The summed E-state index contributed by atoms with van der Waals surface area (Å²) < 4.78 is 7.07. The summed E-state index contributed by atoms with van der Waals surface area (Å²) in [5.74, 6) is 1.47. The number of rotatable bonds is 5. The van der Waals surface area contributed by atoms with Crippen LogP contribution in [0.3, 0.4) is 0 Å². The minimum absolute atomic E-state index is 0.147. The minimum Gasteiger partial charge on any atom is -0.388 e. The van der Waals surface area contributed by atoms with E-state index in [9.17, 15) is 9.90 Å². The predicted octanol–water partition coefficient (Wildman–Crippen LogP) is 1.93. The summed E-state index contributed by atoms with van der Waals surface area (Å²) in [4.78, 5) is 18.8. The lowest BCUT2D eigenvalue weighted by atomic mass is 9.89. The Balaban J connectivity index is 1.44. The van der Waals surface area contributed by atoms with Gasteiger partial charge in [-0.25, -0.2) is 0 Å². The van der Waals surface area contributed by atoms with Crippen LogP contribution >= 0.6 is 0 Å². The Bertz CT molecular complexity index is 794. The van der Waals surface area contributed by atoms with Gasteiger partial charge >= 0.3 is 0 Å². The van der Waals surface area contributed by atoms with Gasteiger partial charge in [0, 0.05) is 24.7 Å². The molecule has 1 aliphatic heterocycles. The normalized spacial score (nSPS) is 23.6. The fraction of sp³-hybridized carbons (Fsp3) is 0.667. The Morgan fingerprint density at radius 2 is 2.27 bits per heavy atom. The van der Waals surface area contributed by atoms with Crippen LogP contribution in [0.15, 0.2) is 16.8 Å². The maximum atomic E-state index is 12.8. The highest BCUT2D eigenvalue weighted by atomic mass is 16.5. The third-order valence-electron chi connectivity index (χ3n) is 5.11. The molecular weight excluding hydrogens is 334 g/mol. The first-order valence-electron chi connectivity index (χ1n) is 9.33. The number of hydrogen-bond donors (Lipinski definition) is 1. The maximum Gasteiger partial charge on any atom is 0.274 e. The molecule has 2 aliphatic rings. The van der Waals surface area contributed by atoms with Gasteiger partial charge in [-0.2, -0.15) is 10.1 Å². The molecule has 0 spiro atoms. The van der Waals surface area contributed by atoms with Crippen molar-refractivity contribution in [3.63, 3.8) is 0 Å². The zero-order valence-corrected chi connectivity index (χ0v) is 15.3. The molecule has 2 aromatic rings. The zero-order chi connectivity index (χ0) is 18.3. The standard InChI is InChI=1S/C18H25N5O3/c1-12(2)23-9-6-14(20-23)17(24)22-8-3-7-18(25,11-22)10-15-19-16(21-26-15)13-4-5-13/h6,9,12-13,25H,3-5,7-8,10-11H2,1-2H3. The Hall–Kier alpha value is -2.22. The first-order valence-corrected chi connectivity index (χ1v) is 9.33. The molecule has 2 fully saturated rings. The summed E-state index contributed by atoms with van der Waals surface area (Å²) in [5.41, 5.74) is -0.626. The molecule has 0 radical (unpaired) electrons. The Labute approximate surface area is 152 Å². The van der Waals surface area contributed by atoms with Crippen molar-refractivity contribution in [2.24, 2.45) is 0 Å². The Kier molecular flexibility index (Phi) is 4.30. The van der Waals surface area contributed by atoms with E-state index in [0.29, 0.717) is 30.5 Å². The number of aliphatic hydroxyl groups is 1. The molecule has 1 saturated carbocycles. The van der Waals surface area contributed by atoms with E-state index in [1.54, 1.807) is 15.6 Å². The second kappa shape index (κ2) is 6.50. The fourth-order valence-corrected chi connectivity index (χ4v) is 3.46. The number of carbonyl (C=O) groups excluding carboxylic acids is 1. The van der Waals surface area contributed by atoms with Gasteiger partial charge in [-0.05, 0) is 45.6 Å². The minimum atomic E-state index is -1.04. The first-order chi connectivity index (χ1) is 12.4. The van der Waals surface area contributed by atoms with Crippen LogP contribution in [0.1, 0.15) is 73.7 Å². The Morgan fingerprint density at radius 1 is 1.46 bits per heavy atom. The lowest BCUT2D eigenvalue weighted by molar-refractivity contribution is -0.0288. The summed E-state index contributed by atoms with van der Waals surface area (Å²) in [6, 6.07) is 1.93. The van der Waals surface area contributed by atoms with E-state index in [2.05, 4.69) is 15.2 Å². The molecule has 1 aliphatic carbocycles. The number of carbonyl (C=O) groups is 1. The van der Waals surface area contributed by atoms with Crippen molar-refractivity contribution in [1.82, 2.24) is 24.8 Å². The van der Waals surface area contributed by atoms with Gasteiger partial charge in [0.25, 0.3) is 5.91 Å². The molecule has 1 unspecified atom stereocenters. The highest BCUT2D eigenvalue weighted by Crippen LogP contribution is 2.38. The summed E-state index contributed by atoms with van der Waals surface area (Å²) in [6.45, 7) is 4.90. The number of piperidine rings is 1. The van der Waals surface area contributed by atoms with Crippen LogP contribution in [0.5, 0.6) is 0 Å². The second-order valence-electron chi connectivity index (χ2n) is 7.83. The lowest BCUT2D eigenvalue weighted by Crippen LogP contribution is -2.51. The third-order valence-corrected chi connectivity index (χ3v) is 5.11. The van der Waals surface area contributed by atoms with Crippen LogP contribution < -0.4 is 0 Å². The van der Waals surface area contributed by atoms with Gasteiger partial charge in [0.1, 0.15) is 5.69 Å². The number of amides is 1. The van der Waals surface area contributed by atoms with Gasteiger partial charge in [0.05, 0.1) is 18.6 Å². The van der Waals surface area contributed by atoms with E-state index in [1.165, 1.54) is 0 Å². The van der Waals surface area contributed by atoms with Crippen molar-refractivity contribution in [2.75, 3.05) is 13.1 Å². The van der Waals surface area contributed by atoms with Crippen molar-refractivity contribution >= 4 is 5.91 Å². The average Bonchev–Trinajstić information content (AvgIpc) is 3.15. The molecule has 1 amide bonds. The molecule has 8 heteroatoms. The molecular formula is C18H25N5O3. The molecule has 2 aromatic heterocycles. The van der Waals surface area contributed by atoms with Gasteiger partial charge < -0.3 is 14.5 Å². The SMILES string of the molecule is CC(C)n1ccc(C(=O)N2CCCC(O)(Cc3nc(C4CC4)no3)C2)n1. The van der Waals surface area contributed by atoms with Crippen LogP contribution in [0, 0.1) is 0 Å². The van der Waals surface area contributed by atoms with E-state index in [1.807, 2.05) is 20.0 Å². The highest BCUT2D eigenvalue weighted by Gasteiger charge is 2.38. The van der Waals surface area contributed by atoms with Gasteiger partial charge in [-0.3, -0.25) is 9.48 Å². The molecule has 1 saturated heterocycles. The summed E-state index contributed by atoms with van der Waals surface area (Å²) >= 11 is 0. The van der Waals surface area contributed by atoms with Gasteiger partial charge in [-0.15, -0.1) is 0 Å². The number of likely N-dealkylation sites (tertiary alicyclic amines) is 1. The zero-order valence-electron chi connectivity index (χ0n) is 15.3. The topological polar surface area (TPSA) is 97.3 Å². The van der Waals surface area contributed by atoms with Crippen LogP contribution in [0.25, 0.3) is 0 Å². The molecule has 1 atom stereocenters. The molecule has 140 valence electrons. The van der Waals surface area contributed by atoms with E-state index in [4.69, 9.17) is 4.52 Å². The monoisotopic (exact) mass is 359 g/mol. The third kappa shape index (κ3) is 3.51. The van der Waals surface area contributed by atoms with Gasteiger partial charge in [-0.1, -0.05) is 5.16 Å². The maximum absolute atomic E-state index is 12.8. The van der Waals surface area contributed by atoms with Gasteiger partial charge in [0.15, 0.2) is 5.82 Å². The number of β-amino-alcohol motifs (C(OH)–C–C–N with tert-alkyl or cyclic N) is 1. The second-order valence-corrected chi connectivity index (χ2v) is 7.83. The fourth-order valence-electron chi connectivity index (χ4n) is 3.46. The van der Waals surface area contributed by atoms with Crippen molar-refractivity contribution in [1.29, 1.82) is 0 Å². The summed E-state index contributed by atoms with van der Waals surface area (Å²) in [7, 11) is 0. The quantitative estimate of drug-likeness (QED) is 0.876. The lowest BCUT2D eigenvalue weighted by Gasteiger charge is -2.38. The first kappa shape index (κ1) is 17.2. The van der Waals surface area contributed by atoms with Crippen LogP contribution in [0.4, 0.5) is 0 Å². The van der Waals surface area contributed by atoms with Crippen LogP contribution in [0.2, 0.25) is 0 Å². The summed E-state index contributed by atoms with van der Waals surface area (Å²) in [5, 5.41) is 19.4. The van der Waals surface area contributed by atoms with E-state index in [0.717, 1.165) is 25.1 Å². The van der Waals surface area contributed by atoms with Crippen LogP contribution in [-0.2, 0) is 6.42 Å². The van der Waals surface area contributed by atoms with Crippen molar-refractivity contribution < 1.29 is 14.4 Å². The molecule has 26 heavy (non-hydrogen) atoms. The van der Waals surface area contributed by atoms with Crippen molar-refractivity contribution in [2.45, 2.75) is 63.5 Å². The van der Waals surface area contributed by atoms with Gasteiger partial charge in [0.2, 0.25) is 5.89 Å². The molecule has 1 N–H and O–H groups in total. The molecule has 8 nitrogen and oxygen atoms in total. The van der Waals surface area contributed by atoms with Crippen molar-refractivity contribution in [3.8, 4) is 0 Å². The Morgan fingerprint density at radius 3 is 2.96 bits per heavy atom. The highest BCUT2D eigenvalue weighted by molar-refractivity contribution is 5.92. The molecule has 0 bridgehead atoms. The van der Waals surface area contributed by atoms with Crippen molar-refractivity contribution in [3.05, 3.63) is 29.7 Å². The summed E-state index contributed by atoms with van der Waals surface area (Å²) in [6.07, 6.45) is 5.64. The number of aromatic nitrogens is 4. The van der Waals surface area contributed by atoms with Crippen LogP contribution in [-0.4, -0.2) is 54.5 Å². The van der Waals surface area contributed by atoms with E-state index >= 15 is 0 Å². The largest absolute Gasteiger partial charge is 0.388 e. The van der Waals surface area contributed by atoms with E-state index in [-0.39, 0.29) is 24.9 Å².